The molecule has 2 heterocycles. The van der Waals surface area contributed by atoms with Gasteiger partial charge in [0.15, 0.2) is 5.76 Å². The number of hydrogen-bond acceptors (Lipinski definition) is 4. The molecule has 0 aliphatic carbocycles. The van der Waals surface area contributed by atoms with Crippen LogP contribution in [0.3, 0.4) is 0 Å². The van der Waals surface area contributed by atoms with Crippen molar-refractivity contribution in [2.24, 2.45) is 0 Å². The Hall–Kier alpha value is -1.62. The summed E-state index contributed by atoms with van der Waals surface area (Å²) in [4.78, 5) is 12.0. The third-order valence-corrected chi connectivity index (χ3v) is 4.19. The molecule has 3 N–H and O–H groups in total. The maximum atomic E-state index is 12.0. The van der Waals surface area contributed by atoms with Gasteiger partial charge in [-0.05, 0) is 36.4 Å². The summed E-state index contributed by atoms with van der Waals surface area (Å²) in [6.07, 6.45) is 1.03. The summed E-state index contributed by atoms with van der Waals surface area (Å²) in [5, 5.41) is 3.85. The highest BCUT2D eigenvalue weighted by Crippen LogP contribution is 2.22. The van der Waals surface area contributed by atoms with Crippen molar-refractivity contribution < 1.29 is 9.21 Å². The highest BCUT2D eigenvalue weighted by molar-refractivity contribution is 7.99. The van der Waals surface area contributed by atoms with Gasteiger partial charge >= 0.3 is 0 Å². The van der Waals surface area contributed by atoms with E-state index >= 15 is 0 Å². The number of rotatable bonds is 2. The lowest BCUT2D eigenvalue weighted by Gasteiger charge is -2.08. The number of carbonyl (C=O) groups excluding carboxylic acids is 1. The average Bonchev–Trinajstić information content (AvgIpc) is 2.96. The van der Waals surface area contributed by atoms with Crippen LogP contribution < -0.4 is 11.1 Å². The number of nitrogen functional groups attached to an aromatic ring is 1. The van der Waals surface area contributed by atoms with Crippen molar-refractivity contribution in [1.82, 2.24) is 5.32 Å². The summed E-state index contributed by atoms with van der Waals surface area (Å²) in [5.41, 5.74) is 7.06. The number of carbonyl (C=O) groups is 1. The zero-order valence-corrected chi connectivity index (χ0v) is 10.6. The van der Waals surface area contributed by atoms with Crippen LogP contribution in [0.25, 0.3) is 11.0 Å². The van der Waals surface area contributed by atoms with Gasteiger partial charge in [0.25, 0.3) is 5.91 Å². The summed E-state index contributed by atoms with van der Waals surface area (Å²) in [7, 11) is 0. The predicted octanol–water partition coefficient (Wildman–Crippen LogP) is 2.25. The zero-order valence-electron chi connectivity index (χ0n) is 9.81. The lowest BCUT2D eigenvalue weighted by molar-refractivity contribution is 0.0915. The molecule has 1 saturated heterocycles. The molecule has 1 atom stereocenters. The molecular weight excluding hydrogens is 248 g/mol. The van der Waals surface area contributed by atoms with Crippen LogP contribution in [0.1, 0.15) is 17.0 Å². The number of nitrogens with two attached hydrogens (primary N) is 1. The van der Waals surface area contributed by atoms with E-state index in [2.05, 4.69) is 5.32 Å². The van der Waals surface area contributed by atoms with Crippen molar-refractivity contribution in [1.29, 1.82) is 0 Å². The number of benzene rings is 1. The monoisotopic (exact) mass is 262 g/mol. The molecule has 4 nitrogen and oxygen atoms in total. The molecule has 1 aromatic carbocycles. The van der Waals surface area contributed by atoms with Crippen molar-refractivity contribution in [3.8, 4) is 0 Å². The van der Waals surface area contributed by atoms with E-state index in [9.17, 15) is 4.79 Å². The number of amides is 1. The first-order chi connectivity index (χ1) is 8.72. The Kier molecular flexibility index (Phi) is 2.91. The molecule has 1 amide bonds. The fourth-order valence-corrected chi connectivity index (χ4v) is 3.23. The fraction of sp³-hybridized carbons (Fsp3) is 0.308. The van der Waals surface area contributed by atoms with Crippen LogP contribution >= 0.6 is 11.8 Å². The molecule has 2 aromatic rings. The summed E-state index contributed by atoms with van der Waals surface area (Å²) in [5.74, 6) is 2.31. The Morgan fingerprint density at radius 1 is 1.44 bits per heavy atom. The molecule has 94 valence electrons. The van der Waals surface area contributed by atoms with Crippen LogP contribution in [0.4, 0.5) is 5.69 Å². The molecule has 1 aliphatic heterocycles. The molecular formula is C13H14N2O2S. The SMILES string of the molecule is Nc1ccc2oc(C(=O)NC3CCSC3)cc2c1. The quantitative estimate of drug-likeness (QED) is 0.814. The van der Waals surface area contributed by atoms with Gasteiger partial charge in [0, 0.05) is 22.9 Å². The molecule has 0 bridgehead atoms. The number of hydrogen-bond donors (Lipinski definition) is 2. The minimum Gasteiger partial charge on any atom is -0.451 e. The maximum Gasteiger partial charge on any atom is 0.287 e. The Bertz CT molecular complexity index is 588. The van der Waals surface area contributed by atoms with Gasteiger partial charge in [-0.25, -0.2) is 0 Å². The van der Waals surface area contributed by atoms with Gasteiger partial charge in [0.2, 0.25) is 0 Å². The summed E-state index contributed by atoms with van der Waals surface area (Å²) >= 11 is 1.86. The van der Waals surface area contributed by atoms with E-state index < -0.39 is 0 Å². The molecule has 1 unspecified atom stereocenters. The number of thioether (sulfide) groups is 1. The summed E-state index contributed by atoms with van der Waals surface area (Å²) in [6, 6.07) is 7.36. The van der Waals surface area contributed by atoms with E-state index in [1.165, 1.54) is 0 Å². The van der Waals surface area contributed by atoms with Gasteiger partial charge in [-0.1, -0.05) is 0 Å². The average molecular weight is 262 g/mol. The van der Waals surface area contributed by atoms with Gasteiger partial charge in [-0.2, -0.15) is 11.8 Å². The minimum atomic E-state index is -0.141. The van der Waals surface area contributed by atoms with Crippen molar-refractivity contribution in [3.63, 3.8) is 0 Å². The lowest BCUT2D eigenvalue weighted by Crippen LogP contribution is -2.34. The minimum absolute atomic E-state index is 0.141. The van der Waals surface area contributed by atoms with Crippen LogP contribution in [0.15, 0.2) is 28.7 Å². The van der Waals surface area contributed by atoms with Gasteiger partial charge in [-0.3, -0.25) is 4.79 Å². The molecule has 0 saturated carbocycles. The van der Waals surface area contributed by atoms with E-state index in [4.69, 9.17) is 10.2 Å². The van der Waals surface area contributed by atoms with E-state index in [0.29, 0.717) is 17.0 Å². The van der Waals surface area contributed by atoms with Crippen LogP contribution in [0, 0.1) is 0 Å². The molecule has 0 spiro atoms. The molecule has 1 aromatic heterocycles. The number of anilines is 1. The Morgan fingerprint density at radius 2 is 2.33 bits per heavy atom. The lowest BCUT2D eigenvalue weighted by atomic mass is 10.2. The van der Waals surface area contributed by atoms with Crippen molar-refractivity contribution >= 4 is 34.3 Å². The molecule has 18 heavy (non-hydrogen) atoms. The van der Waals surface area contributed by atoms with Crippen LogP contribution in [0.5, 0.6) is 0 Å². The molecule has 1 aliphatic rings. The third-order valence-electron chi connectivity index (χ3n) is 3.03. The first-order valence-corrected chi connectivity index (χ1v) is 7.05. The molecule has 1 fully saturated rings. The predicted molar refractivity (Wildman–Crippen MR) is 73.8 cm³/mol. The Morgan fingerprint density at radius 3 is 3.11 bits per heavy atom. The van der Waals surface area contributed by atoms with Crippen LogP contribution in [-0.2, 0) is 0 Å². The van der Waals surface area contributed by atoms with Gasteiger partial charge in [0.1, 0.15) is 5.58 Å². The van der Waals surface area contributed by atoms with Gasteiger partial charge < -0.3 is 15.5 Å². The van der Waals surface area contributed by atoms with Crippen molar-refractivity contribution in [3.05, 3.63) is 30.0 Å². The first-order valence-electron chi connectivity index (χ1n) is 5.90. The number of nitrogens with one attached hydrogen (secondary N) is 1. The Labute approximate surface area is 109 Å². The normalized spacial score (nSPS) is 19.2. The number of fused-ring (bicyclic) bond motifs is 1. The van der Waals surface area contributed by atoms with Crippen molar-refractivity contribution in [2.45, 2.75) is 12.5 Å². The van der Waals surface area contributed by atoms with E-state index in [1.807, 2.05) is 11.8 Å². The van der Waals surface area contributed by atoms with Crippen LogP contribution in [-0.4, -0.2) is 23.5 Å². The van der Waals surface area contributed by atoms with E-state index in [-0.39, 0.29) is 11.9 Å². The third kappa shape index (κ3) is 2.18. The summed E-state index contributed by atoms with van der Waals surface area (Å²) in [6.45, 7) is 0. The number of furan rings is 1. The standard InChI is InChI=1S/C13H14N2O2S/c14-9-1-2-11-8(5-9)6-12(17-11)13(16)15-10-3-4-18-7-10/h1-2,5-6,10H,3-4,7,14H2,(H,15,16). The van der Waals surface area contributed by atoms with E-state index in [1.54, 1.807) is 24.3 Å². The van der Waals surface area contributed by atoms with Gasteiger partial charge in [0.05, 0.1) is 0 Å². The topological polar surface area (TPSA) is 68.3 Å². The second-order valence-corrected chi connectivity index (χ2v) is 5.59. The smallest absolute Gasteiger partial charge is 0.287 e. The summed E-state index contributed by atoms with van der Waals surface area (Å²) < 4.78 is 5.52. The largest absolute Gasteiger partial charge is 0.451 e. The maximum absolute atomic E-state index is 12.0. The first kappa shape index (κ1) is 11.5. The zero-order chi connectivity index (χ0) is 12.5. The highest BCUT2D eigenvalue weighted by Gasteiger charge is 2.20. The molecule has 5 heteroatoms. The van der Waals surface area contributed by atoms with E-state index in [0.717, 1.165) is 23.3 Å². The highest BCUT2D eigenvalue weighted by atomic mass is 32.2. The second-order valence-electron chi connectivity index (χ2n) is 4.44. The van der Waals surface area contributed by atoms with Crippen LogP contribution in [0.2, 0.25) is 0 Å². The second kappa shape index (κ2) is 4.57. The van der Waals surface area contributed by atoms with Gasteiger partial charge in [-0.15, -0.1) is 0 Å². The molecule has 3 rings (SSSR count). The Balaban J connectivity index is 1.82. The molecule has 0 radical (unpaired) electrons. The fourth-order valence-electron chi connectivity index (χ4n) is 2.08. The van der Waals surface area contributed by atoms with Crippen molar-refractivity contribution in [2.75, 3.05) is 17.2 Å².